The van der Waals surface area contributed by atoms with E-state index in [4.69, 9.17) is 27.9 Å². The van der Waals surface area contributed by atoms with Crippen molar-refractivity contribution >= 4 is 52.3 Å². The first-order valence-corrected chi connectivity index (χ1v) is 12.9. The third-order valence-corrected chi connectivity index (χ3v) is 7.23. The molecule has 36 heavy (non-hydrogen) atoms. The lowest BCUT2D eigenvalue weighted by molar-refractivity contribution is 0.0591. The van der Waals surface area contributed by atoms with Crippen molar-refractivity contribution in [2.45, 2.75) is 45.1 Å². The second-order valence-corrected chi connectivity index (χ2v) is 9.56. The number of carbonyl (C=O) groups is 2. The maximum absolute atomic E-state index is 13.0. The van der Waals surface area contributed by atoms with E-state index in [2.05, 4.69) is 22.5 Å². The van der Waals surface area contributed by atoms with Crippen LogP contribution in [0, 0.1) is 0 Å². The van der Waals surface area contributed by atoms with Gasteiger partial charge in [0.05, 0.1) is 28.5 Å². The number of urea groups is 1. The number of benzene rings is 2. The molecule has 2 N–H and O–H groups in total. The van der Waals surface area contributed by atoms with Gasteiger partial charge in [-0.3, -0.25) is 0 Å². The van der Waals surface area contributed by atoms with Crippen LogP contribution < -0.4 is 15.5 Å². The maximum atomic E-state index is 13.0. The molecule has 0 spiro atoms. The Hall–Kier alpha value is -3.16. The van der Waals surface area contributed by atoms with E-state index < -0.39 is 12.0 Å². The molecule has 4 rings (SSSR count). The number of nitrogens with one attached hydrogen (secondary N) is 2. The molecule has 0 atom stereocenters. The highest BCUT2D eigenvalue weighted by Gasteiger charge is 2.24. The monoisotopic (exact) mass is 528 g/mol. The van der Waals surface area contributed by atoms with Gasteiger partial charge in [0, 0.05) is 30.2 Å². The minimum Gasteiger partial charge on any atom is -0.464 e. The summed E-state index contributed by atoms with van der Waals surface area (Å²) in [6, 6.07) is 14.2. The molecule has 0 radical (unpaired) electrons. The van der Waals surface area contributed by atoms with Crippen molar-refractivity contribution in [3.05, 3.63) is 70.5 Å². The van der Waals surface area contributed by atoms with Crippen molar-refractivity contribution in [2.75, 3.05) is 29.2 Å². The Labute approximate surface area is 221 Å². The average Bonchev–Trinajstić information content (AvgIpc) is 3.38. The second-order valence-electron chi connectivity index (χ2n) is 8.74. The summed E-state index contributed by atoms with van der Waals surface area (Å²) in [5, 5.41) is 6.61. The molecular formula is C27H30Cl2N4O3. The highest BCUT2D eigenvalue weighted by molar-refractivity contribution is 6.42. The molecule has 1 fully saturated rings. The molecule has 2 amide bonds. The number of aromatic nitrogens is 1. The van der Waals surface area contributed by atoms with E-state index in [1.54, 1.807) is 41.1 Å². The van der Waals surface area contributed by atoms with Gasteiger partial charge in [0.25, 0.3) is 0 Å². The molecule has 0 aliphatic heterocycles. The number of hydrogen-bond acceptors (Lipinski definition) is 4. The summed E-state index contributed by atoms with van der Waals surface area (Å²) in [5.41, 5.74) is 3.23. The molecule has 0 unspecified atom stereocenters. The zero-order chi connectivity index (χ0) is 25.7. The van der Waals surface area contributed by atoms with E-state index in [0.29, 0.717) is 33.2 Å². The first kappa shape index (κ1) is 25.9. The van der Waals surface area contributed by atoms with Crippen molar-refractivity contribution in [2.24, 2.45) is 0 Å². The lowest BCUT2D eigenvalue weighted by Gasteiger charge is -2.36. The van der Waals surface area contributed by atoms with Crippen molar-refractivity contribution in [1.82, 2.24) is 4.57 Å². The molecule has 190 valence electrons. The number of hydrogen-bond donors (Lipinski definition) is 2. The van der Waals surface area contributed by atoms with Crippen LogP contribution in [0.15, 0.2) is 54.7 Å². The predicted octanol–water partition coefficient (Wildman–Crippen LogP) is 7.37. The molecule has 7 nitrogen and oxygen atoms in total. The lowest BCUT2D eigenvalue weighted by Crippen LogP contribution is -2.37. The summed E-state index contributed by atoms with van der Waals surface area (Å²) >= 11 is 12.1. The Balaban J connectivity index is 1.69. The number of methoxy groups -OCH3 is 1. The summed E-state index contributed by atoms with van der Waals surface area (Å²) in [4.78, 5) is 27.7. The fourth-order valence-electron chi connectivity index (χ4n) is 4.78. The summed E-state index contributed by atoms with van der Waals surface area (Å²) in [6.45, 7) is 2.94. The molecule has 2 aromatic carbocycles. The third kappa shape index (κ3) is 5.79. The number of carbonyl (C=O) groups excluding carboxylic acids is 2. The van der Waals surface area contributed by atoms with Gasteiger partial charge in [0.2, 0.25) is 0 Å². The second kappa shape index (κ2) is 11.7. The predicted molar refractivity (Wildman–Crippen MR) is 146 cm³/mol. The van der Waals surface area contributed by atoms with Crippen LogP contribution in [0.4, 0.5) is 21.9 Å². The number of ether oxygens (including phenoxy) is 1. The van der Waals surface area contributed by atoms with Crippen molar-refractivity contribution in [3.8, 4) is 5.69 Å². The average molecular weight is 529 g/mol. The SMILES string of the molecule is CCN(c1ccc(-n2cccc2C(=O)OC)cc1NC(=O)Nc1ccc(Cl)c(Cl)c1)C1CCCCC1. The number of nitrogens with zero attached hydrogens (tertiary/aromatic N) is 2. The van der Waals surface area contributed by atoms with Crippen LogP contribution in [-0.2, 0) is 4.74 Å². The van der Waals surface area contributed by atoms with Gasteiger partial charge in [-0.25, -0.2) is 9.59 Å². The maximum Gasteiger partial charge on any atom is 0.355 e. The molecule has 1 aliphatic rings. The molecule has 0 saturated heterocycles. The normalized spacial score (nSPS) is 13.8. The van der Waals surface area contributed by atoms with Gasteiger partial charge in [-0.1, -0.05) is 42.5 Å². The smallest absolute Gasteiger partial charge is 0.355 e. The van der Waals surface area contributed by atoms with Gasteiger partial charge >= 0.3 is 12.0 Å². The van der Waals surface area contributed by atoms with Gasteiger partial charge in [0.1, 0.15) is 5.69 Å². The molecule has 1 aromatic heterocycles. The molecule has 1 aliphatic carbocycles. The van der Waals surface area contributed by atoms with Gasteiger partial charge in [-0.05, 0) is 68.3 Å². The molecule has 1 saturated carbocycles. The largest absolute Gasteiger partial charge is 0.464 e. The van der Waals surface area contributed by atoms with E-state index in [1.807, 2.05) is 18.2 Å². The topological polar surface area (TPSA) is 75.6 Å². The Kier molecular flexibility index (Phi) is 8.44. The van der Waals surface area contributed by atoms with Gasteiger partial charge in [-0.15, -0.1) is 0 Å². The first-order chi connectivity index (χ1) is 17.4. The number of halogens is 2. The quantitative estimate of drug-likeness (QED) is 0.313. The zero-order valence-corrected chi connectivity index (χ0v) is 21.9. The van der Waals surface area contributed by atoms with E-state index in [9.17, 15) is 9.59 Å². The number of amides is 2. The molecule has 0 bridgehead atoms. The lowest BCUT2D eigenvalue weighted by atomic mass is 9.93. The summed E-state index contributed by atoms with van der Waals surface area (Å²) < 4.78 is 6.67. The van der Waals surface area contributed by atoms with Gasteiger partial charge < -0.3 is 24.8 Å². The Bertz CT molecular complexity index is 1240. The molecular weight excluding hydrogens is 499 g/mol. The number of anilines is 3. The standard InChI is InChI=1S/C27H30Cl2N4O3/c1-3-32(19-8-5-4-6-9-19)24-14-12-20(33-15-7-10-25(33)26(34)36-2)17-23(24)31-27(35)30-18-11-13-21(28)22(29)16-18/h7,10-17,19H,3-6,8-9H2,1-2H3,(H2,30,31,35). The third-order valence-electron chi connectivity index (χ3n) is 6.49. The molecule has 3 aromatic rings. The van der Waals surface area contributed by atoms with Crippen molar-refractivity contribution in [1.29, 1.82) is 0 Å². The highest BCUT2D eigenvalue weighted by Crippen LogP contribution is 2.35. The zero-order valence-electron chi connectivity index (χ0n) is 20.4. The Morgan fingerprint density at radius 2 is 1.81 bits per heavy atom. The van der Waals surface area contributed by atoms with Gasteiger partial charge in [0.15, 0.2) is 0 Å². The van der Waals surface area contributed by atoms with Gasteiger partial charge in [-0.2, -0.15) is 0 Å². The van der Waals surface area contributed by atoms with Crippen molar-refractivity contribution in [3.63, 3.8) is 0 Å². The summed E-state index contributed by atoms with van der Waals surface area (Å²) in [7, 11) is 1.35. The Morgan fingerprint density at radius 1 is 1.03 bits per heavy atom. The number of rotatable bonds is 7. The summed E-state index contributed by atoms with van der Waals surface area (Å²) in [5.74, 6) is -0.437. The van der Waals surface area contributed by atoms with Crippen LogP contribution in [-0.4, -0.2) is 36.3 Å². The minimum atomic E-state index is -0.437. The van der Waals surface area contributed by atoms with Crippen LogP contribution in [0.1, 0.15) is 49.5 Å². The van der Waals surface area contributed by atoms with Crippen LogP contribution in [0.2, 0.25) is 10.0 Å². The van der Waals surface area contributed by atoms with E-state index in [0.717, 1.165) is 30.8 Å². The number of esters is 1. The van der Waals surface area contributed by atoms with E-state index in [-0.39, 0.29) is 0 Å². The fourth-order valence-corrected chi connectivity index (χ4v) is 5.08. The van der Waals surface area contributed by atoms with Crippen LogP contribution in [0.3, 0.4) is 0 Å². The molecule has 1 heterocycles. The summed E-state index contributed by atoms with van der Waals surface area (Å²) in [6.07, 6.45) is 7.69. The first-order valence-electron chi connectivity index (χ1n) is 12.1. The van der Waals surface area contributed by atoms with E-state index in [1.165, 1.54) is 26.4 Å². The van der Waals surface area contributed by atoms with Crippen LogP contribution in [0.5, 0.6) is 0 Å². The van der Waals surface area contributed by atoms with Crippen LogP contribution in [0.25, 0.3) is 5.69 Å². The fraction of sp³-hybridized carbons (Fsp3) is 0.333. The van der Waals surface area contributed by atoms with Crippen LogP contribution >= 0.6 is 23.2 Å². The minimum absolute atomic E-state index is 0.356. The van der Waals surface area contributed by atoms with Crippen molar-refractivity contribution < 1.29 is 14.3 Å². The molecule has 9 heteroatoms. The Morgan fingerprint density at radius 3 is 2.50 bits per heavy atom. The van der Waals surface area contributed by atoms with E-state index >= 15 is 0 Å². The highest BCUT2D eigenvalue weighted by atomic mass is 35.5.